The Labute approximate surface area is 148 Å². The minimum atomic E-state index is -0.322. The number of unbranched alkanes of at least 4 members (excludes halogenated alkanes) is 1. The first-order chi connectivity index (χ1) is 12.1. The maximum absolute atomic E-state index is 11.9. The normalized spacial score (nSPS) is 10.2. The van der Waals surface area contributed by atoms with Gasteiger partial charge in [-0.2, -0.15) is 0 Å². The van der Waals surface area contributed by atoms with Crippen molar-refractivity contribution in [3.8, 4) is 0 Å². The zero-order chi connectivity index (χ0) is 18.1. The number of nitrogens with one attached hydrogen (secondary N) is 2. The van der Waals surface area contributed by atoms with E-state index in [2.05, 4.69) is 10.6 Å². The van der Waals surface area contributed by atoms with Crippen LogP contribution in [0.15, 0.2) is 48.5 Å². The van der Waals surface area contributed by atoms with Crippen LogP contribution >= 0.6 is 0 Å². The van der Waals surface area contributed by atoms with Gasteiger partial charge in [-0.05, 0) is 49.7 Å². The predicted octanol–water partition coefficient (Wildman–Crippen LogP) is 4.00. The molecule has 0 aliphatic heterocycles. The van der Waals surface area contributed by atoms with Gasteiger partial charge in [0.05, 0.1) is 18.7 Å². The summed E-state index contributed by atoms with van der Waals surface area (Å²) in [6.07, 6.45) is 1.85. The lowest BCUT2D eigenvalue weighted by molar-refractivity contribution is -0.114. The maximum atomic E-state index is 11.9. The van der Waals surface area contributed by atoms with E-state index in [1.165, 1.54) is 0 Å². The topological polar surface area (TPSA) is 67.4 Å². The lowest BCUT2D eigenvalue weighted by Gasteiger charge is -2.09. The fourth-order valence-electron chi connectivity index (χ4n) is 2.14. The highest BCUT2D eigenvalue weighted by atomic mass is 16.5. The molecule has 0 atom stereocenters. The summed E-state index contributed by atoms with van der Waals surface area (Å²) in [5.74, 6) is -0.455. The summed E-state index contributed by atoms with van der Waals surface area (Å²) in [6.45, 7) is 4.63. The number of carbonyl (C=O) groups excluding carboxylic acids is 2. The highest BCUT2D eigenvalue weighted by molar-refractivity contribution is 5.94. The van der Waals surface area contributed by atoms with E-state index in [9.17, 15) is 9.59 Å². The summed E-state index contributed by atoms with van der Waals surface area (Å²) >= 11 is 0. The molecule has 2 aromatic carbocycles. The Morgan fingerprint density at radius 2 is 1.60 bits per heavy atom. The molecule has 0 aliphatic carbocycles. The molecule has 0 saturated heterocycles. The molecule has 2 N–H and O–H groups in total. The molecular weight excluding hydrogens is 316 g/mol. The zero-order valence-electron chi connectivity index (χ0n) is 14.7. The van der Waals surface area contributed by atoms with Crippen molar-refractivity contribution in [2.75, 3.05) is 23.8 Å². The van der Waals surface area contributed by atoms with Crippen LogP contribution in [0.4, 0.5) is 11.4 Å². The minimum absolute atomic E-state index is 0.132. The highest BCUT2D eigenvalue weighted by Crippen LogP contribution is 2.11. The van der Waals surface area contributed by atoms with Gasteiger partial charge in [-0.1, -0.05) is 31.0 Å². The van der Waals surface area contributed by atoms with Crippen molar-refractivity contribution < 1.29 is 14.3 Å². The van der Waals surface area contributed by atoms with Crippen molar-refractivity contribution in [2.45, 2.75) is 26.7 Å². The molecule has 0 bridgehead atoms. The molecule has 0 heterocycles. The van der Waals surface area contributed by atoms with Gasteiger partial charge in [0.25, 0.3) is 0 Å². The molecule has 1 amide bonds. The third kappa shape index (κ3) is 6.30. The lowest BCUT2D eigenvalue weighted by atomic mass is 10.2. The molecule has 5 nitrogen and oxygen atoms in total. The van der Waals surface area contributed by atoms with Gasteiger partial charge in [0.1, 0.15) is 0 Å². The molecule has 0 aliphatic rings. The van der Waals surface area contributed by atoms with Crippen molar-refractivity contribution in [3.05, 3.63) is 59.7 Å². The van der Waals surface area contributed by atoms with Gasteiger partial charge in [0, 0.05) is 11.4 Å². The van der Waals surface area contributed by atoms with Crippen molar-refractivity contribution in [1.82, 2.24) is 0 Å². The Bertz CT molecular complexity index is 694. The number of rotatable bonds is 8. The molecule has 0 fully saturated rings. The number of benzene rings is 2. The summed E-state index contributed by atoms with van der Waals surface area (Å²) in [6, 6.07) is 14.5. The third-order valence-corrected chi connectivity index (χ3v) is 3.64. The smallest absolute Gasteiger partial charge is 0.338 e. The number of aryl methyl sites for hydroxylation is 1. The molecule has 0 radical (unpaired) electrons. The molecule has 0 unspecified atom stereocenters. The van der Waals surface area contributed by atoms with Gasteiger partial charge in [-0.15, -0.1) is 0 Å². The Morgan fingerprint density at radius 3 is 2.24 bits per heavy atom. The Kier molecular flexibility index (Phi) is 7.01. The zero-order valence-corrected chi connectivity index (χ0v) is 14.7. The van der Waals surface area contributed by atoms with Crippen molar-refractivity contribution in [2.24, 2.45) is 0 Å². The predicted molar refractivity (Wildman–Crippen MR) is 99.9 cm³/mol. The summed E-state index contributed by atoms with van der Waals surface area (Å²) in [4.78, 5) is 23.8. The number of ether oxygens (including phenoxy) is 1. The first-order valence-corrected chi connectivity index (χ1v) is 8.46. The van der Waals surface area contributed by atoms with Crippen LogP contribution in [0.2, 0.25) is 0 Å². The molecule has 132 valence electrons. The van der Waals surface area contributed by atoms with Crippen LogP contribution in [0.25, 0.3) is 0 Å². The van der Waals surface area contributed by atoms with Gasteiger partial charge in [0.15, 0.2) is 0 Å². The molecule has 0 aromatic heterocycles. The SMILES string of the molecule is CCCCOC(=O)c1ccc(NCC(=O)Nc2ccc(C)cc2)cc1. The number of hydrogen-bond acceptors (Lipinski definition) is 4. The van der Waals surface area contributed by atoms with Crippen molar-refractivity contribution in [1.29, 1.82) is 0 Å². The van der Waals surface area contributed by atoms with Crippen molar-refractivity contribution in [3.63, 3.8) is 0 Å². The van der Waals surface area contributed by atoms with E-state index in [-0.39, 0.29) is 18.4 Å². The van der Waals surface area contributed by atoms with Gasteiger partial charge in [-0.3, -0.25) is 4.79 Å². The van der Waals surface area contributed by atoms with Gasteiger partial charge < -0.3 is 15.4 Å². The van der Waals surface area contributed by atoms with Gasteiger partial charge in [-0.25, -0.2) is 4.79 Å². The summed E-state index contributed by atoms with van der Waals surface area (Å²) in [7, 11) is 0. The first kappa shape index (κ1) is 18.5. The average molecular weight is 340 g/mol. The number of esters is 1. The standard InChI is InChI=1S/C20H24N2O3/c1-3-4-13-25-20(24)16-7-11-17(12-8-16)21-14-19(23)22-18-9-5-15(2)6-10-18/h5-12,21H,3-4,13-14H2,1-2H3,(H,22,23). The molecule has 2 rings (SSSR count). The molecular formula is C20H24N2O3. The Hall–Kier alpha value is -2.82. The fourth-order valence-corrected chi connectivity index (χ4v) is 2.14. The van der Waals surface area contributed by atoms with E-state index in [0.717, 1.165) is 29.8 Å². The maximum Gasteiger partial charge on any atom is 0.338 e. The summed E-state index contributed by atoms with van der Waals surface area (Å²) in [5.41, 5.74) is 3.18. The van der Waals surface area contributed by atoms with Gasteiger partial charge >= 0.3 is 5.97 Å². The average Bonchev–Trinajstić information content (AvgIpc) is 2.62. The van der Waals surface area contributed by atoms with Crippen LogP contribution in [-0.2, 0) is 9.53 Å². The quantitative estimate of drug-likeness (QED) is 0.563. The molecule has 0 saturated carbocycles. The van der Waals surface area contributed by atoms with E-state index in [4.69, 9.17) is 4.74 Å². The van der Waals surface area contributed by atoms with Crippen LogP contribution in [0.1, 0.15) is 35.7 Å². The van der Waals surface area contributed by atoms with Crippen LogP contribution in [-0.4, -0.2) is 25.0 Å². The number of anilines is 2. The second-order valence-corrected chi connectivity index (χ2v) is 5.83. The molecule has 2 aromatic rings. The Balaban J connectivity index is 1.79. The van der Waals surface area contributed by atoms with E-state index < -0.39 is 0 Å². The second kappa shape index (κ2) is 9.47. The number of amides is 1. The third-order valence-electron chi connectivity index (χ3n) is 3.64. The molecule has 25 heavy (non-hydrogen) atoms. The number of hydrogen-bond donors (Lipinski definition) is 2. The minimum Gasteiger partial charge on any atom is -0.462 e. The highest BCUT2D eigenvalue weighted by Gasteiger charge is 2.07. The van der Waals surface area contributed by atoms with Gasteiger partial charge in [0.2, 0.25) is 5.91 Å². The van der Waals surface area contributed by atoms with E-state index >= 15 is 0 Å². The summed E-state index contributed by atoms with van der Waals surface area (Å²) < 4.78 is 5.16. The van der Waals surface area contributed by atoms with E-state index in [0.29, 0.717) is 12.2 Å². The van der Waals surface area contributed by atoms with E-state index in [1.54, 1.807) is 24.3 Å². The fraction of sp³-hybridized carbons (Fsp3) is 0.300. The first-order valence-electron chi connectivity index (χ1n) is 8.46. The molecule has 5 heteroatoms. The second-order valence-electron chi connectivity index (χ2n) is 5.83. The lowest BCUT2D eigenvalue weighted by Crippen LogP contribution is -2.21. The Morgan fingerprint density at radius 1 is 0.960 bits per heavy atom. The van der Waals surface area contributed by atoms with Crippen LogP contribution in [0.3, 0.4) is 0 Å². The van der Waals surface area contributed by atoms with Crippen LogP contribution in [0.5, 0.6) is 0 Å². The van der Waals surface area contributed by atoms with E-state index in [1.807, 2.05) is 38.1 Å². The molecule has 0 spiro atoms. The van der Waals surface area contributed by atoms with Crippen LogP contribution in [0, 0.1) is 6.92 Å². The van der Waals surface area contributed by atoms with Crippen molar-refractivity contribution >= 4 is 23.3 Å². The van der Waals surface area contributed by atoms with Crippen LogP contribution < -0.4 is 10.6 Å². The summed E-state index contributed by atoms with van der Waals surface area (Å²) in [5, 5.41) is 5.85. The monoisotopic (exact) mass is 340 g/mol. The number of carbonyl (C=O) groups is 2. The largest absolute Gasteiger partial charge is 0.462 e.